The molecule has 3 heteroatoms. The van der Waals surface area contributed by atoms with Crippen LogP contribution in [0.3, 0.4) is 0 Å². The van der Waals surface area contributed by atoms with Crippen LogP contribution < -0.4 is 4.90 Å². The number of halogens is 2. The van der Waals surface area contributed by atoms with Crippen molar-refractivity contribution in [2.24, 2.45) is 5.92 Å². The summed E-state index contributed by atoms with van der Waals surface area (Å²) in [5.74, 6) is 0.652. The third-order valence-corrected chi connectivity index (χ3v) is 4.79. The van der Waals surface area contributed by atoms with Gasteiger partial charge in [0.05, 0.1) is 0 Å². The molecule has 0 fully saturated rings. The van der Waals surface area contributed by atoms with Gasteiger partial charge in [-0.1, -0.05) is 58.7 Å². The number of para-hydroxylation sites is 1. The van der Waals surface area contributed by atoms with Gasteiger partial charge in [0.15, 0.2) is 0 Å². The fraction of sp³-hybridized carbons (Fsp3) is 0.294. The van der Waals surface area contributed by atoms with E-state index in [4.69, 9.17) is 11.6 Å². The first-order chi connectivity index (χ1) is 9.69. The molecule has 1 aliphatic rings. The minimum Gasteiger partial charge on any atom is -0.341 e. The van der Waals surface area contributed by atoms with Crippen LogP contribution in [0.15, 0.2) is 42.5 Å². The number of nitrogens with zero attached hydrogens (tertiary/aromatic N) is 1. The van der Waals surface area contributed by atoms with E-state index in [-0.39, 0.29) is 0 Å². The Morgan fingerprint density at radius 2 is 2.05 bits per heavy atom. The molecular formula is C17H17BrClN. The molecule has 1 atom stereocenters. The number of benzene rings is 2. The van der Waals surface area contributed by atoms with Crippen LogP contribution in [0.25, 0.3) is 0 Å². The van der Waals surface area contributed by atoms with Gasteiger partial charge in [-0.3, -0.25) is 0 Å². The fourth-order valence-electron chi connectivity index (χ4n) is 2.85. The third-order valence-electron chi connectivity index (χ3n) is 3.84. The summed E-state index contributed by atoms with van der Waals surface area (Å²) < 4.78 is 0. The maximum atomic E-state index is 6.36. The summed E-state index contributed by atoms with van der Waals surface area (Å²) in [6, 6.07) is 15.0. The SMILES string of the molecule is CC1Cc2ccccc2N(c2ccc(CBr)c(Cl)c2)C1. The molecular weight excluding hydrogens is 334 g/mol. The molecule has 1 aliphatic heterocycles. The molecule has 0 N–H and O–H groups in total. The Morgan fingerprint density at radius 1 is 1.25 bits per heavy atom. The van der Waals surface area contributed by atoms with Gasteiger partial charge in [0.1, 0.15) is 0 Å². The zero-order valence-corrected chi connectivity index (χ0v) is 13.8. The van der Waals surface area contributed by atoms with Crippen molar-refractivity contribution >= 4 is 38.9 Å². The number of hydrogen-bond acceptors (Lipinski definition) is 1. The lowest BCUT2D eigenvalue weighted by atomic mass is 9.93. The minimum absolute atomic E-state index is 0.652. The minimum atomic E-state index is 0.652. The summed E-state index contributed by atoms with van der Waals surface area (Å²) in [4.78, 5) is 2.38. The summed E-state index contributed by atoms with van der Waals surface area (Å²) in [6.07, 6.45) is 1.15. The van der Waals surface area contributed by atoms with Gasteiger partial charge >= 0.3 is 0 Å². The van der Waals surface area contributed by atoms with Crippen LogP contribution in [0, 0.1) is 5.92 Å². The summed E-state index contributed by atoms with van der Waals surface area (Å²) in [5.41, 5.74) is 5.05. The topological polar surface area (TPSA) is 3.24 Å². The maximum absolute atomic E-state index is 6.36. The Kier molecular flexibility index (Phi) is 4.04. The van der Waals surface area contributed by atoms with Crippen LogP contribution in [0.5, 0.6) is 0 Å². The largest absolute Gasteiger partial charge is 0.341 e. The van der Waals surface area contributed by atoms with E-state index in [0.717, 1.165) is 28.9 Å². The molecule has 1 heterocycles. The first-order valence-electron chi connectivity index (χ1n) is 6.89. The highest BCUT2D eigenvalue weighted by atomic mass is 79.9. The zero-order valence-electron chi connectivity index (χ0n) is 11.4. The van der Waals surface area contributed by atoms with Crippen LogP contribution in [-0.2, 0) is 11.8 Å². The van der Waals surface area contributed by atoms with E-state index in [0.29, 0.717) is 5.92 Å². The zero-order chi connectivity index (χ0) is 14.1. The van der Waals surface area contributed by atoms with Gasteiger partial charge < -0.3 is 4.90 Å². The molecule has 2 aromatic rings. The molecule has 3 rings (SSSR count). The van der Waals surface area contributed by atoms with Gasteiger partial charge in [-0.25, -0.2) is 0 Å². The number of anilines is 2. The molecule has 0 amide bonds. The van der Waals surface area contributed by atoms with E-state index in [2.05, 4.69) is 70.2 Å². The average Bonchev–Trinajstić information content (AvgIpc) is 2.46. The first-order valence-corrected chi connectivity index (χ1v) is 8.39. The standard InChI is InChI=1S/C17H17BrClN/c1-12-8-13-4-2-3-5-17(13)20(11-12)15-7-6-14(10-18)16(19)9-15/h2-7,9,12H,8,10-11H2,1H3. The van der Waals surface area contributed by atoms with Crippen molar-refractivity contribution in [2.75, 3.05) is 11.4 Å². The summed E-state index contributed by atoms with van der Waals surface area (Å²) in [6.45, 7) is 3.35. The van der Waals surface area contributed by atoms with Crippen molar-refractivity contribution in [3.63, 3.8) is 0 Å². The van der Waals surface area contributed by atoms with E-state index >= 15 is 0 Å². The first kappa shape index (κ1) is 14.0. The van der Waals surface area contributed by atoms with Crippen LogP contribution in [0.1, 0.15) is 18.1 Å². The molecule has 0 spiro atoms. The van der Waals surface area contributed by atoms with E-state index in [1.54, 1.807) is 0 Å². The van der Waals surface area contributed by atoms with Crippen LogP contribution in [0.4, 0.5) is 11.4 Å². The normalized spacial score (nSPS) is 17.9. The smallest absolute Gasteiger partial charge is 0.0467 e. The Hall–Kier alpha value is -0.990. The van der Waals surface area contributed by atoms with Gasteiger partial charge in [-0.2, -0.15) is 0 Å². The summed E-state index contributed by atoms with van der Waals surface area (Å²) >= 11 is 9.82. The second-order valence-electron chi connectivity index (χ2n) is 5.46. The van der Waals surface area contributed by atoms with Crippen LogP contribution in [-0.4, -0.2) is 6.54 Å². The van der Waals surface area contributed by atoms with Gasteiger partial charge in [0.2, 0.25) is 0 Å². The van der Waals surface area contributed by atoms with Crippen molar-refractivity contribution in [3.8, 4) is 0 Å². The highest BCUT2D eigenvalue weighted by Crippen LogP contribution is 2.36. The monoisotopic (exact) mass is 349 g/mol. The molecule has 0 aromatic heterocycles. The molecule has 0 bridgehead atoms. The van der Waals surface area contributed by atoms with Crippen molar-refractivity contribution in [1.82, 2.24) is 0 Å². The predicted octanol–water partition coefficient (Wildman–Crippen LogP) is 5.57. The second kappa shape index (κ2) is 5.79. The highest BCUT2D eigenvalue weighted by molar-refractivity contribution is 9.08. The third kappa shape index (κ3) is 2.59. The Bertz CT molecular complexity index is 626. The maximum Gasteiger partial charge on any atom is 0.0467 e. The van der Waals surface area contributed by atoms with Crippen molar-refractivity contribution < 1.29 is 0 Å². The highest BCUT2D eigenvalue weighted by Gasteiger charge is 2.22. The molecule has 104 valence electrons. The van der Waals surface area contributed by atoms with Gasteiger partial charge in [0.25, 0.3) is 0 Å². The lowest BCUT2D eigenvalue weighted by Crippen LogP contribution is -2.30. The predicted molar refractivity (Wildman–Crippen MR) is 90.4 cm³/mol. The Labute approximate surface area is 133 Å². The molecule has 0 saturated carbocycles. The lowest BCUT2D eigenvalue weighted by molar-refractivity contribution is 0.562. The van der Waals surface area contributed by atoms with Crippen LogP contribution >= 0.6 is 27.5 Å². The summed E-state index contributed by atoms with van der Waals surface area (Å²) in [5, 5.41) is 1.62. The molecule has 0 aliphatic carbocycles. The number of fused-ring (bicyclic) bond motifs is 1. The molecule has 2 aromatic carbocycles. The van der Waals surface area contributed by atoms with Crippen molar-refractivity contribution in [1.29, 1.82) is 0 Å². The quantitative estimate of drug-likeness (QED) is 0.640. The fourth-order valence-corrected chi connectivity index (χ4v) is 3.75. The van der Waals surface area contributed by atoms with Crippen molar-refractivity contribution in [2.45, 2.75) is 18.7 Å². The van der Waals surface area contributed by atoms with Gasteiger partial charge in [-0.05, 0) is 41.7 Å². The molecule has 0 radical (unpaired) electrons. The number of alkyl halides is 1. The second-order valence-corrected chi connectivity index (χ2v) is 6.43. The molecule has 1 unspecified atom stereocenters. The molecule has 1 nitrogen and oxygen atoms in total. The van der Waals surface area contributed by atoms with E-state index in [1.807, 2.05) is 0 Å². The van der Waals surface area contributed by atoms with E-state index in [9.17, 15) is 0 Å². The lowest BCUT2D eigenvalue weighted by Gasteiger charge is -2.35. The van der Waals surface area contributed by atoms with Gasteiger partial charge in [0, 0.05) is 28.3 Å². The van der Waals surface area contributed by atoms with Gasteiger partial charge in [-0.15, -0.1) is 0 Å². The summed E-state index contributed by atoms with van der Waals surface area (Å²) in [7, 11) is 0. The Balaban J connectivity index is 2.04. The van der Waals surface area contributed by atoms with E-state index in [1.165, 1.54) is 16.9 Å². The average molecular weight is 351 g/mol. The molecule has 20 heavy (non-hydrogen) atoms. The number of rotatable bonds is 2. The number of hydrogen-bond donors (Lipinski definition) is 0. The van der Waals surface area contributed by atoms with E-state index < -0.39 is 0 Å². The van der Waals surface area contributed by atoms with Crippen LogP contribution in [0.2, 0.25) is 5.02 Å². The Morgan fingerprint density at radius 3 is 2.80 bits per heavy atom. The molecule has 0 saturated heterocycles. The van der Waals surface area contributed by atoms with Crippen molar-refractivity contribution in [3.05, 3.63) is 58.6 Å².